The number of aliphatic hydroxyl groups is 1. The van der Waals surface area contributed by atoms with Gasteiger partial charge in [-0.15, -0.1) is 23.4 Å². The van der Waals surface area contributed by atoms with Crippen molar-refractivity contribution < 1.29 is 24.2 Å². The first kappa shape index (κ1) is 29.1. The molecule has 3 fully saturated rings. The van der Waals surface area contributed by atoms with Crippen LogP contribution in [0.15, 0.2) is 36.9 Å². The zero-order valence-electron chi connectivity index (χ0n) is 23.0. The number of nitrogens with zero attached hydrogens (tertiary/aromatic N) is 5. The number of alkyl halides is 1. The maximum absolute atomic E-state index is 14.7. The average Bonchev–Trinajstić information content (AvgIpc) is 3.66. The van der Waals surface area contributed by atoms with E-state index in [0.29, 0.717) is 18.4 Å². The molecule has 5 rings (SSSR count). The molecule has 3 aliphatic rings. The minimum atomic E-state index is -0.875. The lowest BCUT2D eigenvalue weighted by molar-refractivity contribution is -0.154. The molecule has 1 N–H and O–H groups in total. The van der Waals surface area contributed by atoms with E-state index in [1.54, 1.807) is 39.2 Å². The van der Waals surface area contributed by atoms with Gasteiger partial charge in [-0.25, -0.2) is 4.68 Å². The number of esters is 1. The van der Waals surface area contributed by atoms with E-state index < -0.39 is 34.6 Å². The summed E-state index contributed by atoms with van der Waals surface area (Å²) in [5.74, 6) is -2.35. The minimum absolute atomic E-state index is 0.0606. The SMILES string of the molecule is C=CCN(Cn1nnc2ccccc21)C(=O)C1N([C@@H](CO)[C@@H](C)CC)C(=O)[C@@H]2[C@@H](C(=O)OCC)[C@@H]3SC12CC3Br. The first-order chi connectivity index (χ1) is 19.2. The molecule has 2 aromatic rings. The molecule has 216 valence electrons. The third-order valence-corrected chi connectivity index (χ3v) is 12.0. The third kappa shape index (κ3) is 4.46. The summed E-state index contributed by atoms with van der Waals surface area (Å²) in [4.78, 5) is 45.5. The molecule has 1 spiro atoms. The zero-order chi connectivity index (χ0) is 28.8. The fraction of sp³-hybridized carbons (Fsp3) is 0.607. The van der Waals surface area contributed by atoms with Crippen molar-refractivity contribution in [2.75, 3.05) is 19.8 Å². The highest BCUT2D eigenvalue weighted by Gasteiger charge is 2.76. The van der Waals surface area contributed by atoms with E-state index in [9.17, 15) is 19.5 Å². The molecular weight excluding hydrogens is 598 g/mol. The number of rotatable bonds is 11. The van der Waals surface area contributed by atoms with Crippen molar-refractivity contribution >= 4 is 56.5 Å². The monoisotopic (exact) mass is 633 g/mol. The van der Waals surface area contributed by atoms with Crippen LogP contribution < -0.4 is 0 Å². The molecule has 2 bridgehead atoms. The summed E-state index contributed by atoms with van der Waals surface area (Å²) in [6, 6.07) is 6.08. The van der Waals surface area contributed by atoms with Gasteiger partial charge in [-0.2, -0.15) is 0 Å². The lowest BCUT2D eigenvalue weighted by Gasteiger charge is -2.41. The van der Waals surface area contributed by atoms with E-state index in [1.807, 2.05) is 38.1 Å². The topological polar surface area (TPSA) is 118 Å². The van der Waals surface area contributed by atoms with Gasteiger partial charge in [-0.1, -0.05) is 59.6 Å². The maximum atomic E-state index is 14.7. The molecule has 12 heteroatoms. The van der Waals surface area contributed by atoms with Crippen LogP contribution in [0.25, 0.3) is 11.0 Å². The fourth-order valence-corrected chi connectivity index (χ4v) is 10.3. The van der Waals surface area contributed by atoms with Crippen molar-refractivity contribution in [2.45, 2.75) is 67.2 Å². The molecule has 1 aromatic heterocycles. The molecule has 3 aliphatic heterocycles. The summed E-state index contributed by atoms with van der Waals surface area (Å²) in [5, 5.41) is 18.9. The first-order valence-electron chi connectivity index (χ1n) is 13.8. The number of likely N-dealkylation sites (tertiary alicyclic amines) is 1. The molecule has 0 saturated carbocycles. The van der Waals surface area contributed by atoms with Crippen LogP contribution in [0.3, 0.4) is 0 Å². The number of ether oxygens (including phenoxy) is 1. The second-order valence-electron chi connectivity index (χ2n) is 10.9. The number of carbonyl (C=O) groups is 3. The molecule has 0 radical (unpaired) electrons. The van der Waals surface area contributed by atoms with Gasteiger partial charge in [-0.3, -0.25) is 14.4 Å². The molecular formula is C28H36BrN5O5S. The number of fused-ring (bicyclic) bond motifs is 2. The Bertz CT molecular complexity index is 1310. The van der Waals surface area contributed by atoms with Crippen molar-refractivity contribution in [1.29, 1.82) is 0 Å². The molecule has 40 heavy (non-hydrogen) atoms. The van der Waals surface area contributed by atoms with E-state index in [4.69, 9.17) is 4.74 Å². The van der Waals surface area contributed by atoms with Crippen molar-refractivity contribution in [3.05, 3.63) is 36.9 Å². The van der Waals surface area contributed by atoms with Crippen molar-refractivity contribution in [3.8, 4) is 0 Å². The van der Waals surface area contributed by atoms with Crippen LogP contribution in [-0.2, 0) is 25.8 Å². The summed E-state index contributed by atoms with van der Waals surface area (Å²) >= 11 is 5.33. The molecule has 3 unspecified atom stereocenters. The van der Waals surface area contributed by atoms with Crippen LogP contribution in [0.5, 0.6) is 0 Å². The summed E-state index contributed by atoms with van der Waals surface area (Å²) in [6.07, 6.45) is 2.92. The average molecular weight is 635 g/mol. The first-order valence-corrected chi connectivity index (χ1v) is 15.6. The van der Waals surface area contributed by atoms with Crippen LogP contribution >= 0.6 is 27.7 Å². The molecule has 0 aliphatic carbocycles. The van der Waals surface area contributed by atoms with Crippen LogP contribution in [-0.4, -0.2) is 94.4 Å². The molecule has 3 saturated heterocycles. The van der Waals surface area contributed by atoms with Crippen LogP contribution in [0.2, 0.25) is 0 Å². The quantitative estimate of drug-likeness (QED) is 0.228. The van der Waals surface area contributed by atoms with Crippen molar-refractivity contribution in [1.82, 2.24) is 24.8 Å². The maximum Gasteiger partial charge on any atom is 0.310 e. The van der Waals surface area contributed by atoms with Gasteiger partial charge in [0.25, 0.3) is 0 Å². The number of hydrogen-bond donors (Lipinski definition) is 1. The third-order valence-electron chi connectivity index (χ3n) is 8.75. The largest absolute Gasteiger partial charge is 0.466 e. The van der Waals surface area contributed by atoms with E-state index in [0.717, 1.165) is 5.52 Å². The minimum Gasteiger partial charge on any atom is -0.466 e. The summed E-state index contributed by atoms with van der Waals surface area (Å²) in [5.41, 5.74) is 1.50. The highest BCUT2D eigenvalue weighted by Crippen LogP contribution is 2.68. The van der Waals surface area contributed by atoms with Crippen molar-refractivity contribution in [3.63, 3.8) is 0 Å². The predicted molar refractivity (Wildman–Crippen MR) is 155 cm³/mol. The number of para-hydroxylation sites is 1. The highest BCUT2D eigenvalue weighted by molar-refractivity contribution is 9.09. The number of amides is 2. The second kappa shape index (κ2) is 11.4. The van der Waals surface area contributed by atoms with Crippen LogP contribution in [0, 0.1) is 17.8 Å². The van der Waals surface area contributed by atoms with Gasteiger partial charge < -0.3 is 19.6 Å². The smallest absolute Gasteiger partial charge is 0.310 e. The predicted octanol–water partition coefficient (Wildman–Crippen LogP) is 2.84. The van der Waals surface area contributed by atoms with Crippen LogP contribution in [0.4, 0.5) is 0 Å². The molecule has 10 nitrogen and oxygen atoms in total. The Hall–Kier alpha value is -2.44. The van der Waals surface area contributed by atoms with Gasteiger partial charge in [-0.05, 0) is 31.4 Å². The van der Waals surface area contributed by atoms with Gasteiger partial charge in [0, 0.05) is 16.6 Å². The zero-order valence-corrected chi connectivity index (χ0v) is 25.4. The van der Waals surface area contributed by atoms with Crippen LogP contribution in [0.1, 0.15) is 33.6 Å². The van der Waals surface area contributed by atoms with Gasteiger partial charge in [0.1, 0.15) is 18.2 Å². The Morgan fingerprint density at radius 1 is 1.38 bits per heavy atom. The Balaban J connectivity index is 1.59. The van der Waals surface area contributed by atoms with Crippen molar-refractivity contribution in [2.24, 2.45) is 17.8 Å². The summed E-state index contributed by atoms with van der Waals surface area (Å²) in [6.45, 7) is 9.88. The molecule has 4 heterocycles. The molecule has 8 atom stereocenters. The standard InChI is InChI=1S/C28H36BrN5O5S/c1-5-12-32(15-33-19-11-9-8-10-18(19)30-31-33)26(37)24-28-13-17(29)23(40-28)21(27(38)39-7-3)22(28)25(36)34(24)20(14-35)16(4)6-2/h5,8-11,16-17,20-24,35H,1,6-7,12-15H2,2-4H3/t16-,17?,20-,21+,22-,23+,24?,28?/m0/s1. The normalized spacial score (nSPS) is 30.4. The Morgan fingerprint density at radius 3 is 2.80 bits per heavy atom. The highest BCUT2D eigenvalue weighted by atomic mass is 79.9. The molecule has 2 amide bonds. The van der Waals surface area contributed by atoms with E-state index >= 15 is 0 Å². The van der Waals surface area contributed by atoms with Gasteiger partial charge >= 0.3 is 5.97 Å². The Labute approximate surface area is 246 Å². The Kier molecular flexibility index (Phi) is 8.32. The lowest BCUT2D eigenvalue weighted by atomic mass is 9.71. The van der Waals surface area contributed by atoms with E-state index in [2.05, 4.69) is 32.8 Å². The second-order valence-corrected chi connectivity index (χ2v) is 13.6. The van der Waals surface area contributed by atoms with Gasteiger partial charge in [0.2, 0.25) is 11.8 Å². The van der Waals surface area contributed by atoms with E-state index in [1.165, 1.54) is 0 Å². The number of thioether (sulfide) groups is 1. The number of halogens is 1. The lowest BCUT2D eigenvalue weighted by Crippen LogP contribution is -2.59. The van der Waals surface area contributed by atoms with Gasteiger partial charge in [0.05, 0.1) is 41.4 Å². The fourth-order valence-electron chi connectivity index (χ4n) is 6.76. The number of benzene rings is 1. The van der Waals surface area contributed by atoms with E-state index in [-0.39, 0.29) is 54.2 Å². The summed E-state index contributed by atoms with van der Waals surface area (Å²) in [7, 11) is 0. The van der Waals surface area contributed by atoms with Gasteiger partial charge in [0.15, 0.2) is 0 Å². The number of aliphatic hydroxyl groups excluding tert-OH is 1. The summed E-state index contributed by atoms with van der Waals surface area (Å²) < 4.78 is 6.27. The molecule has 1 aromatic carbocycles. The number of aromatic nitrogens is 3. The Morgan fingerprint density at radius 2 is 2.12 bits per heavy atom. The number of carbonyl (C=O) groups excluding carboxylic acids is 3. The number of hydrogen-bond acceptors (Lipinski definition) is 8.